The molecule has 1 fully saturated rings. The van der Waals surface area contributed by atoms with Crippen molar-refractivity contribution in [3.63, 3.8) is 0 Å². The summed E-state index contributed by atoms with van der Waals surface area (Å²) < 4.78 is 31.2. The maximum absolute atomic E-state index is 11.2. The largest absolute Gasteiger partial charge is 0.383 e. The van der Waals surface area contributed by atoms with E-state index in [1.54, 1.807) is 7.11 Å². The van der Waals surface area contributed by atoms with Gasteiger partial charge in [0.15, 0.2) is 0 Å². The Morgan fingerprint density at radius 1 is 1.58 bits per heavy atom. The normalized spacial score (nSPS) is 24.1. The fourth-order valence-corrected chi connectivity index (χ4v) is 2.36. The summed E-state index contributed by atoms with van der Waals surface area (Å²) in [6.07, 6.45) is 0.864. The molecular weight excluding hydrogens is 180 g/mol. The lowest BCUT2D eigenvalue weighted by molar-refractivity contribution is 0.176. The Morgan fingerprint density at radius 3 is 2.92 bits per heavy atom. The van der Waals surface area contributed by atoms with Crippen molar-refractivity contribution in [2.75, 3.05) is 33.4 Å². The van der Waals surface area contributed by atoms with E-state index in [-0.39, 0.29) is 0 Å². The van der Waals surface area contributed by atoms with E-state index in [2.05, 4.69) is 4.72 Å². The summed E-state index contributed by atoms with van der Waals surface area (Å²) in [4.78, 5) is 0. The molecule has 0 aromatic carbocycles. The average Bonchev–Trinajstić information content (AvgIpc) is 2.02. The highest BCUT2D eigenvalue weighted by atomic mass is 32.2. The van der Waals surface area contributed by atoms with Gasteiger partial charge in [0, 0.05) is 26.7 Å². The zero-order valence-corrected chi connectivity index (χ0v) is 7.93. The first-order valence-electron chi connectivity index (χ1n) is 3.90. The van der Waals surface area contributed by atoms with Gasteiger partial charge in [-0.3, -0.25) is 0 Å². The topological polar surface area (TPSA) is 58.6 Å². The van der Waals surface area contributed by atoms with Gasteiger partial charge < -0.3 is 4.74 Å². The van der Waals surface area contributed by atoms with Crippen LogP contribution in [0.5, 0.6) is 0 Å². The molecule has 5 nitrogen and oxygen atoms in total. The highest BCUT2D eigenvalue weighted by Crippen LogP contribution is 2.04. The minimum atomic E-state index is -3.19. The van der Waals surface area contributed by atoms with E-state index in [4.69, 9.17) is 4.74 Å². The maximum Gasteiger partial charge on any atom is 0.279 e. The highest BCUT2D eigenvalue weighted by Gasteiger charge is 2.24. The van der Waals surface area contributed by atoms with Crippen molar-refractivity contribution in [3.05, 3.63) is 0 Å². The molecule has 1 N–H and O–H groups in total. The minimum absolute atomic E-state index is 0.436. The van der Waals surface area contributed by atoms with E-state index in [0.717, 1.165) is 6.42 Å². The van der Waals surface area contributed by atoms with Gasteiger partial charge in [-0.1, -0.05) is 0 Å². The molecule has 0 atom stereocenters. The van der Waals surface area contributed by atoms with Crippen LogP contribution >= 0.6 is 0 Å². The van der Waals surface area contributed by atoms with Gasteiger partial charge in [-0.05, 0) is 6.42 Å². The molecule has 0 amide bonds. The van der Waals surface area contributed by atoms with Gasteiger partial charge in [0.05, 0.1) is 6.61 Å². The fraction of sp³-hybridized carbons (Fsp3) is 1.00. The molecule has 0 aliphatic carbocycles. The van der Waals surface area contributed by atoms with E-state index < -0.39 is 10.2 Å². The molecule has 0 aromatic heterocycles. The maximum atomic E-state index is 11.2. The second-order valence-corrected chi connectivity index (χ2v) is 4.40. The lowest BCUT2D eigenvalue weighted by Crippen LogP contribution is -2.47. The third-order valence-electron chi connectivity index (χ3n) is 1.75. The first kappa shape index (κ1) is 9.91. The molecule has 0 bridgehead atoms. The molecule has 0 unspecified atom stereocenters. The van der Waals surface area contributed by atoms with Crippen LogP contribution in [0.1, 0.15) is 6.42 Å². The Labute approximate surface area is 72.9 Å². The summed E-state index contributed by atoms with van der Waals surface area (Å²) in [7, 11) is -1.63. The first-order valence-corrected chi connectivity index (χ1v) is 5.34. The molecule has 0 aromatic rings. The molecule has 1 saturated heterocycles. The van der Waals surface area contributed by atoms with Crippen molar-refractivity contribution >= 4 is 10.2 Å². The third kappa shape index (κ3) is 2.41. The molecule has 1 rings (SSSR count). The molecule has 0 radical (unpaired) electrons. The Kier molecular flexibility index (Phi) is 3.45. The van der Waals surface area contributed by atoms with Crippen molar-refractivity contribution in [2.45, 2.75) is 6.42 Å². The first-order chi connectivity index (χ1) is 5.67. The number of nitrogens with zero attached hydrogens (tertiary/aromatic N) is 1. The molecule has 72 valence electrons. The predicted octanol–water partition coefficient (Wildman–Crippen LogP) is -0.827. The zero-order chi connectivity index (χ0) is 9.03. The van der Waals surface area contributed by atoms with Crippen molar-refractivity contribution in [1.82, 2.24) is 9.03 Å². The van der Waals surface area contributed by atoms with Crippen LogP contribution in [0.2, 0.25) is 0 Å². The summed E-state index contributed by atoms with van der Waals surface area (Å²) in [6.45, 7) is 2.03. The smallest absolute Gasteiger partial charge is 0.279 e. The predicted molar refractivity (Wildman–Crippen MR) is 45.0 cm³/mol. The van der Waals surface area contributed by atoms with E-state index in [0.29, 0.717) is 26.2 Å². The quantitative estimate of drug-likeness (QED) is 0.638. The molecular formula is C6H14N2O3S. The van der Waals surface area contributed by atoms with Crippen LogP contribution in [0.4, 0.5) is 0 Å². The summed E-state index contributed by atoms with van der Waals surface area (Å²) in [5.74, 6) is 0. The van der Waals surface area contributed by atoms with Crippen LogP contribution in [0.3, 0.4) is 0 Å². The van der Waals surface area contributed by atoms with Gasteiger partial charge >= 0.3 is 0 Å². The monoisotopic (exact) mass is 194 g/mol. The summed E-state index contributed by atoms with van der Waals surface area (Å²) in [5, 5.41) is 0. The molecule has 0 saturated carbocycles. The second-order valence-electron chi connectivity index (χ2n) is 2.64. The molecule has 6 heteroatoms. The number of ether oxygens (including phenoxy) is 1. The van der Waals surface area contributed by atoms with Crippen molar-refractivity contribution < 1.29 is 13.2 Å². The van der Waals surface area contributed by atoms with Gasteiger partial charge in [0.1, 0.15) is 0 Å². The van der Waals surface area contributed by atoms with Gasteiger partial charge in [-0.2, -0.15) is 12.7 Å². The number of nitrogens with one attached hydrogen (secondary N) is 1. The molecule has 1 heterocycles. The Bertz CT molecular complexity index is 227. The Morgan fingerprint density at radius 2 is 2.33 bits per heavy atom. The third-order valence-corrected chi connectivity index (χ3v) is 3.37. The number of methoxy groups -OCH3 is 1. The lowest BCUT2D eigenvalue weighted by Gasteiger charge is -2.26. The van der Waals surface area contributed by atoms with Gasteiger partial charge in [-0.25, -0.2) is 4.72 Å². The van der Waals surface area contributed by atoms with Crippen LogP contribution in [0.15, 0.2) is 0 Å². The summed E-state index contributed by atoms with van der Waals surface area (Å²) in [6, 6.07) is 0. The van der Waals surface area contributed by atoms with Crippen LogP contribution in [0.25, 0.3) is 0 Å². The van der Waals surface area contributed by atoms with Crippen molar-refractivity contribution in [2.24, 2.45) is 0 Å². The molecule has 0 spiro atoms. The Hall–Kier alpha value is -0.170. The van der Waals surface area contributed by atoms with E-state index in [1.165, 1.54) is 4.31 Å². The molecule has 12 heavy (non-hydrogen) atoms. The van der Waals surface area contributed by atoms with E-state index in [1.807, 2.05) is 0 Å². The summed E-state index contributed by atoms with van der Waals surface area (Å²) >= 11 is 0. The van der Waals surface area contributed by atoms with Crippen LogP contribution in [-0.2, 0) is 14.9 Å². The van der Waals surface area contributed by atoms with E-state index >= 15 is 0 Å². The van der Waals surface area contributed by atoms with Crippen LogP contribution in [-0.4, -0.2) is 46.1 Å². The highest BCUT2D eigenvalue weighted by molar-refractivity contribution is 7.87. The standard InChI is InChI=1S/C6H14N2O3S/c1-11-6-5-8-4-2-3-7-12(8,9)10/h7H,2-6H2,1H3. The van der Waals surface area contributed by atoms with Crippen molar-refractivity contribution in [3.8, 4) is 0 Å². The summed E-state index contributed by atoms with van der Waals surface area (Å²) in [5.41, 5.74) is 0. The number of hydrogen-bond donors (Lipinski definition) is 1. The van der Waals surface area contributed by atoms with Crippen LogP contribution in [0, 0.1) is 0 Å². The average molecular weight is 194 g/mol. The van der Waals surface area contributed by atoms with Gasteiger partial charge in [0.2, 0.25) is 0 Å². The zero-order valence-electron chi connectivity index (χ0n) is 7.12. The molecule has 1 aliphatic rings. The minimum Gasteiger partial charge on any atom is -0.383 e. The molecule has 1 aliphatic heterocycles. The number of rotatable bonds is 3. The Balaban J connectivity index is 2.49. The number of hydrogen-bond acceptors (Lipinski definition) is 3. The van der Waals surface area contributed by atoms with Crippen LogP contribution < -0.4 is 4.72 Å². The van der Waals surface area contributed by atoms with Gasteiger partial charge in [0.25, 0.3) is 10.2 Å². The fourth-order valence-electron chi connectivity index (χ4n) is 1.09. The lowest BCUT2D eigenvalue weighted by atomic mass is 10.4. The SMILES string of the molecule is COCCN1CCCNS1(=O)=O. The van der Waals surface area contributed by atoms with Crippen molar-refractivity contribution in [1.29, 1.82) is 0 Å². The second kappa shape index (κ2) is 4.18. The van der Waals surface area contributed by atoms with Gasteiger partial charge in [-0.15, -0.1) is 0 Å². The van der Waals surface area contributed by atoms with E-state index in [9.17, 15) is 8.42 Å².